The van der Waals surface area contributed by atoms with Crippen molar-refractivity contribution in [3.63, 3.8) is 0 Å². The van der Waals surface area contributed by atoms with Crippen molar-refractivity contribution >= 4 is 27.7 Å². The minimum Gasteiger partial charge on any atom is -0.465 e. The van der Waals surface area contributed by atoms with E-state index in [1.807, 2.05) is 0 Å². The van der Waals surface area contributed by atoms with Gasteiger partial charge in [-0.15, -0.1) is 0 Å². The number of carboxylic acid groups (broad SMARTS) is 1. The molecule has 1 aliphatic rings. The van der Waals surface area contributed by atoms with Gasteiger partial charge in [-0.05, 0) is 69.3 Å². The Labute approximate surface area is 202 Å². The largest absolute Gasteiger partial charge is 0.465 e. The lowest BCUT2D eigenvalue weighted by Gasteiger charge is -2.31. The van der Waals surface area contributed by atoms with Crippen LogP contribution in [0.1, 0.15) is 26.7 Å². The number of rotatable bonds is 8. The van der Waals surface area contributed by atoms with Gasteiger partial charge >= 0.3 is 6.09 Å². The summed E-state index contributed by atoms with van der Waals surface area (Å²) in [6, 6.07) is 13.4. The van der Waals surface area contributed by atoms with Gasteiger partial charge in [-0.25, -0.2) is 13.2 Å². The van der Waals surface area contributed by atoms with Crippen LogP contribution in [0.5, 0.6) is 11.5 Å². The molecule has 2 aromatic carbocycles. The lowest BCUT2D eigenvalue weighted by Crippen LogP contribution is -2.44. The number of carbonyl (C=O) groups is 1. The van der Waals surface area contributed by atoms with E-state index < -0.39 is 21.5 Å². The molecule has 0 bridgehead atoms. The van der Waals surface area contributed by atoms with Crippen LogP contribution in [0.3, 0.4) is 0 Å². The monoisotopic (exact) mass is 503 g/mol. The molecular weight excluding hydrogens is 478 g/mol. The first-order valence-electron chi connectivity index (χ1n) is 10.6. The zero-order valence-corrected chi connectivity index (χ0v) is 20.6. The first-order chi connectivity index (χ1) is 16.0. The van der Waals surface area contributed by atoms with Crippen molar-refractivity contribution in [1.82, 2.24) is 15.0 Å². The van der Waals surface area contributed by atoms with Gasteiger partial charge in [-0.2, -0.15) is 16.7 Å². The maximum Gasteiger partial charge on any atom is 0.408 e. The highest BCUT2D eigenvalue weighted by Gasteiger charge is 2.30. The zero-order chi connectivity index (χ0) is 24.5. The second-order valence-corrected chi connectivity index (χ2v) is 12.3. The minimum atomic E-state index is -3.28. The van der Waals surface area contributed by atoms with Crippen molar-refractivity contribution in [1.29, 1.82) is 0 Å². The second-order valence-electron chi connectivity index (χ2n) is 8.89. The molecule has 0 saturated carbocycles. The Kier molecular flexibility index (Phi) is 6.59. The van der Waals surface area contributed by atoms with Gasteiger partial charge in [0.15, 0.2) is 9.84 Å². The van der Waals surface area contributed by atoms with Crippen molar-refractivity contribution in [2.45, 2.75) is 43.0 Å². The smallest absolute Gasteiger partial charge is 0.408 e. The summed E-state index contributed by atoms with van der Waals surface area (Å²) in [4.78, 5) is 17.3. The number of aromatic nitrogens is 2. The Morgan fingerprint density at radius 3 is 2.26 bits per heavy atom. The average molecular weight is 504 g/mol. The van der Waals surface area contributed by atoms with Crippen molar-refractivity contribution in [2.75, 3.05) is 11.5 Å². The van der Waals surface area contributed by atoms with E-state index in [2.05, 4.69) is 10.1 Å². The second kappa shape index (κ2) is 9.30. The normalized spacial score (nSPS) is 15.7. The molecule has 1 N–H and O–H groups in total. The summed E-state index contributed by atoms with van der Waals surface area (Å²) in [6.07, 6.45) is -1.07. The van der Waals surface area contributed by atoms with Crippen LogP contribution in [-0.4, -0.2) is 57.0 Å². The first kappa shape index (κ1) is 24.1. The van der Waals surface area contributed by atoms with Gasteiger partial charge < -0.3 is 14.4 Å². The minimum absolute atomic E-state index is 0.0156. The highest BCUT2D eigenvalue weighted by molar-refractivity contribution is 8.08. The van der Waals surface area contributed by atoms with Crippen LogP contribution < -0.4 is 4.74 Å². The fourth-order valence-electron chi connectivity index (χ4n) is 3.19. The first-order valence-corrected chi connectivity index (χ1v) is 13.3. The van der Waals surface area contributed by atoms with E-state index in [4.69, 9.17) is 9.26 Å². The molecule has 0 radical (unpaired) electrons. The molecule has 1 unspecified atom stereocenters. The Morgan fingerprint density at radius 1 is 1.15 bits per heavy atom. The van der Waals surface area contributed by atoms with Gasteiger partial charge in [0.2, 0.25) is 11.7 Å². The van der Waals surface area contributed by atoms with Crippen LogP contribution in [0.15, 0.2) is 57.9 Å². The zero-order valence-electron chi connectivity index (χ0n) is 19.0. The Balaban J connectivity index is 1.40. The van der Waals surface area contributed by atoms with Gasteiger partial charge in [-0.3, -0.25) is 4.90 Å². The summed E-state index contributed by atoms with van der Waals surface area (Å²) in [5, 5.41) is 13.6. The highest BCUT2D eigenvalue weighted by atomic mass is 32.2. The lowest BCUT2D eigenvalue weighted by molar-refractivity contribution is 0.0877. The number of amides is 1. The summed E-state index contributed by atoms with van der Waals surface area (Å²) in [5.74, 6) is 2.68. The van der Waals surface area contributed by atoms with Gasteiger partial charge in [0.1, 0.15) is 18.0 Å². The maximum absolute atomic E-state index is 12.4. The van der Waals surface area contributed by atoms with Gasteiger partial charge in [0, 0.05) is 22.1 Å². The molecule has 0 spiro atoms. The summed E-state index contributed by atoms with van der Waals surface area (Å²) in [7, 11) is -3.28. The predicted molar refractivity (Wildman–Crippen MR) is 128 cm³/mol. The Bertz CT molecular complexity index is 1260. The van der Waals surface area contributed by atoms with E-state index in [1.54, 1.807) is 81.1 Å². The number of ether oxygens (including phenoxy) is 1. The molecule has 34 heavy (non-hydrogen) atoms. The van der Waals surface area contributed by atoms with Crippen LogP contribution in [0.25, 0.3) is 11.4 Å². The fraction of sp³-hybridized carbons (Fsp3) is 0.348. The molecule has 11 heteroatoms. The number of sulfone groups is 1. The molecule has 4 rings (SSSR count). The summed E-state index contributed by atoms with van der Waals surface area (Å²) >= 11 is 1.66. The van der Waals surface area contributed by atoms with Crippen LogP contribution >= 0.6 is 11.8 Å². The topological polar surface area (TPSA) is 123 Å². The summed E-state index contributed by atoms with van der Waals surface area (Å²) in [6.45, 7) is 5.35. The summed E-state index contributed by atoms with van der Waals surface area (Å²) in [5.41, 5.74) is 0.0670. The highest BCUT2D eigenvalue weighted by Crippen LogP contribution is 2.33. The Hall–Kier alpha value is -3.05. The van der Waals surface area contributed by atoms with E-state index in [9.17, 15) is 18.3 Å². The molecule has 1 aliphatic heterocycles. The van der Waals surface area contributed by atoms with Gasteiger partial charge in [0.25, 0.3) is 0 Å². The molecule has 0 aliphatic carbocycles. The molecule has 1 saturated heterocycles. The number of hydrogen-bond acceptors (Lipinski definition) is 8. The van der Waals surface area contributed by atoms with Crippen LogP contribution in [-0.2, 0) is 16.4 Å². The quantitative estimate of drug-likeness (QED) is 0.436. The molecule has 1 amide bonds. The Morgan fingerprint density at radius 2 is 1.74 bits per heavy atom. The average Bonchev–Trinajstić information content (AvgIpc) is 3.44. The van der Waals surface area contributed by atoms with E-state index in [1.165, 1.54) is 4.90 Å². The van der Waals surface area contributed by atoms with Crippen LogP contribution in [0, 0.1) is 0 Å². The number of hydrogen-bond donors (Lipinski definition) is 1. The SMILES string of the molecule is CC(C)(C)N(Cc1nc(-c2ccc(Oc3ccc(S(=O)(=O)CC4CS4)cc3)cc2)no1)C(=O)O. The number of thioether (sulfide) groups is 1. The summed E-state index contributed by atoms with van der Waals surface area (Å²) < 4.78 is 35.8. The fourth-order valence-corrected chi connectivity index (χ4v) is 5.87. The lowest BCUT2D eigenvalue weighted by atomic mass is 10.1. The number of benzene rings is 2. The van der Waals surface area contributed by atoms with E-state index >= 15 is 0 Å². The van der Waals surface area contributed by atoms with Crippen molar-refractivity contribution in [3.8, 4) is 22.9 Å². The van der Waals surface area contributed by atoms with Gasteiger partial charge in [-0.1, -0.05) is 5.16 Å². The standard InChI is InChI=1S/C23H25N3O6S2/c1-23(2,3)26(22(27)28)12-20-24-21(25-32-20)15-4-6-16(7-5-15)31-17-8-10-19(11-9-17)34(29,30)14-18-13-33-18/h4-11,18H,12-14H2,1-3H3,(H,27,28). The third kappa shape index (κ3) is 5.89. The van der Waals surface area contributed by atoms with Crippen molar-refractivity contribution < 1.29 is 27.6 Å². The third-order valence-electron chi connectivity index (χ3n) is 5.14. The molecule has 2 heterocycles. The number of nitrogens with zero attached hydrogens (tertiary/aromatic N) is 3. The van der Waals surface area contributed by atoms with E-state index in [0.717, 1.165) is 5.75 Å². The molecule has 1 atom stereocenters. The van der Waals surface area contributed by atoms with Crippen LogP contribution in [0.4, 0.5) is 4.79 Å². The third-order valence-corrected chi connectivity index (χ3v) is 8.15. The molecule has 1 aromatic heterocycles. The van der Waals surface area contributed by atoms with Crippen molar-refractivity contribution in [2.24, 2.45) is 0 Å². The van der Waals surface area contributed by atoms with E-state index in [-0.39, 0.29) is 23.4 Å². The molecule has 180 valence electrons. The van der Waals surface area contributed by atoms with Crippen molar-refractivity contribution in [3.05, 3.63) is 54.4 Å². The van der Waals surface area contributed by atoms with Crippen LogP contribution in [0.2, 0.25) is 0 Å². The molecular formula is C23H25N3O6S2. The molecule has 1 fully saturated rings. The van der Waals surface area contributed by atoms with E-state index in [0.29, 0.717) is 27.8 Å². The maximum atomic E-state index is 12.4. The molecule has 9 nitrogen and oxygen atoms in total. The van der Waals surface area contributed by atoms with Gasteiger partial charge in [0.05, 0.1) is 10.6 Å². The predicted octanol–water partition coefficient (Wildman–Crippen LogP) is 4.70. The molecule has 3 aromatic rings.